The van der Waals surface area contributed by atoms with Crippen LogP contribution in [0.15, 0.2) is 48.7 Å². The average Bonchev–Trinajstić information content (AvgIpc) is 2.97. The van der Waals surface area contributed by atoms with Crippen molar-refractivity contribution in [2.75, 3.05) is 12.8 Å². The van der Waals surface area contributed by atoms with E-state index in [-0.39, 0.29) is 23.6 Å². The average molecular weight is 422 g/mol. The standard InChI is InChI=1S/C24H27N3O2S/c1-16-12-24-23(15-30(28,29)27(24)3)21(17(16)2)11-10-20-9-8-19(14-26-20)22-7-5-4-6-18(22)13-25/h4-11,14,16-17,21,23-24H,12,15H2,1-3H3/b11-10+/t16-,17+,21-,23+,24-/m0/s1. The number of fused-ring (bicyclic) bond motifs is 1. The number of aromatic nitrogens is 1. The molecule has 0 amide bonds. The Kier molecular flexibility index (Phi) is 5.52. The molecular weight excluding hydrogens is 394 g/mol. The van der Waals surface area contributed by atoms with Gasteiger partial charge in [-0.3, -0.25) is 4.98 Å². The largest absolute Gasteiger partial charge is 0.256 e. The van der Waals surface area contributed by atoms with E-state index in [4.69, 9.17) is 0 Å². The number of rotatable bonds is 3. The Morgan fingerprint density at radius 1 is 1.20 bits per heavy atom. The van der Waals surface area contributed by atoms with E-state index in [0.717, 1.165) is 23.2 Å². The molecule has 156 valence electrons. The first-order valence-corrected chi connectivity index (χ1v) is 12.0. The molecule has 2 aromatic rings. The molecule has 5 nitrogen and oxygen atoms in total. The van der Waals surface area contributed by atoms with Crippen molar-refractivity contribution >= 4 is 16.1 Å². The van der Waals surface area contributed by atoms with Crippen molar-refractivity contribution in [3.05, 3.63) is 59.9 Å². The van der Waals surface area contributed by atoms with Gasteiger partial charge in [0.2, 0.25) is 10.0 Å². The second kappa shape index (κ2) is 7.98. The SMILES string of the molecule is C[C@H]1[C@H](/C=C/c2ccc(-c3ccccc3C#N)cn2)[C@H]2CS(=O)(=O)N(C)[C@H]2C[C@@H]1C. The van der Waals surface area contributed by atoms with Gasteiger partial charge < -0.3 is 0 Å². The summed E-state index contributed by atoms with van der Waals surface area (Å²) in [5, 5.41) is 9.31. The zero-order chi connectivity index (χ0) is 21.5. The summed E-state index contributed by atoms with van der Waals surface area (Å²) in [4.78, 5) is 4.56. The molecular formula is C24H27N3O2S. The minimum absolute atomic E-state index is 0.0914. The highest BCUT2D eigenvalue weighted by Crippen LogP contribution is 2.46. The highest BCUT2D eigenvalue weighted by molar-refractivity contribution is 7.89. The van der Waals surface area contributed by atoms with E-state index in [9.17, 15) is 13.7 Å². The van der Waals surface area contributed by atoms with E-state index in [1.54, 1.807) is 23.6 Å². The Morgan fingerprint density at radius 3 is 2.67 bits per heavy atom. The fraction of sp³-hybridized carbons (Fsp3) is 0.417. The molecule has 30 heavy (non-hydrogen) atoms. The van der Waals surface area contributed by atoms with Crippen LogP contribution in [0.4, 0.5) is 0 Å². The lowest BCUT2D eigenvalue weighted by atomic mass is 9.66. The molecule has 0 bridgehead atoms. The summed E-state index contributed by atoms with van der Waals surface area (Å²) < 4.78 is 26.5. The van der Waals surface area contributed by atoms with Crippen LogP contribution < -0.4 is 0 Å². The molecule has 0 N–H and O–H groups in total. The van der Waals surface area contributed by atoms with Gasteiger partial charge in [0.25, 0.3) is 0 Å². The summed E-state index contributed by atoms with van der Waals surface area (Å²) in [5.41, 5.74) is 3.25. The number of benzene rings is 1. The maximum atomic E-state index is 12.5. The highest BCUT2D eigenvalue weighted by atomic mass is 32.2. The van der Waals surface area contributed by atoms with Crippen LogP contribution in [0, 0.1) is 35.0 Å². The second-order valence-corrected chi connectivity index (χ2v) is 10.7. The monoisotopic (exact) mass is 421 g/mol. The van der Waals surface area contributed by atoms with Crippen LogP contribution in [0.1, 0.15) is 31.5 Å². The predicted molar refractivity (Wildman–Crippen MR) is 119 cm³/mol. The van der Waals surface area contributed by atoms with E-state index in [2.05, 4.69) is 31.0 Å². The van der Waals surface area contributed by atoms with Gasteiger partial charge in [0.05, 0.1) is 23.1 Å². The number of hydrogen-bond acceptors (Lipinski definition) is 4. The molecule has 6 heteroatoms. The summed E-state index contributed by atoms with van der Waals surface area (Å²) in [6.07, 6.45) is 6.90. The lowest BCUT2D eigenvalue weighted by molar-refractivity contribution is 0.104. The maximum Gasteiger partial charge on any atom is 0.214 e. The van der Waals surface area contributed by atoms with Gasteiger partial charge in [-0.15, -0.1) is 0 Å². The molecule has 2 fully saturated rings. The summed E-state index contributed by atoms with van der Waals surface area (Å²) in [5.74, 6) is 1.46. The summed E-state index contributed by atoms with van der Waals surface area (Å²) in [6, 6.07) is 13.7. The fourth-order valence-corrected chi connectivity index (χ4v) is 6.85. The Morgan fingerprint density at radius 2 is 1.97 bits per heavy atom. The summed E-state index contributed by atoms with van der Waals surface area (Å²) in [7, 11) is -1.43. The van der Waals surface area contributed by atoms with Crippen LogP contribution in [0.25, 0.3) is 17.2 Å². The van der Waals surface area contributed by atoms with Crippen molar-refractivity contribution in [1.29, 1.82) is 5.26 Å². The van der Waals surface area contributed by atoms with Gasteiger partial charge in [-0.05, 0) is 48.3 Å². The lowest BCUT2D eigenvalue weighted by Gasteiger charge is -2.41. The zero-order valence-corrected chi connectivity index (χ0v) is 18.4. The molecule has 0 spiro atoms. The maximum absolute atomic E-state index is 12.5. The van der Waals surface area contributed by atoms with Crippen LogP contribution >= 0.6 is 0 Å². The van der Waals surface area contributed by atoms with Crippen LogP contribution in [-0.2, 0) is 10.0 Å². The van der Waals surface area contributed by atoms with Gasteiger partial charge in [-0.1, -0.05) is 44.2 Å². The lowest BCUT2D eigenvalue weighted by Crippen LogP contribution is -2.43. The molecule has 2 aliphatic rings. The Bertz CT molecular complexity index is 1100. The molecule has 5 atom stereocenters. The van der Waals surface area contributed by atoms with Crippen molar-refractivity contribution in [2.45, 2.75) is 26.3 Å². The first-order chi connectivity index (χ1) is 14.3. The van der Waals surface area contributed by atoms with E-state index >= 15 is 0 Å². The molecule has 0 radical (unpaired) electrons. The molecule has 1 aromatic carbocycles. The molecule has 1 saturated carbocycles. The van der Waals surface area contributed by atoms with Gasteiger partial charge in [-0.25, -0.2) is 12.7 Å². The predicted octanol–water partition coefficient (Wildman–Crippen LogP) is 4.19. The number of nitriles is 1. The molecule has 2 heterocycles. The van der Waals surface area contributed by atoms with Crippen molar-refractivity contribution < 1.29 is 8.42 Å². The van der Waals surface area contributed by atoms with E-state index < -0.39 is 10.0 Å². The Labute approximate surface area is 179 Å². The van der Waals surface area contributed by atoms with Gasteiger partial charge in [-0.2, -0.15) is 5.26 Å². The number of pyridine rings is 1. The van der Waals surface area contributed by atoms with Crippen molar-refractivity contribution in [3.8, 4) is 17.2 Å². The van der Waals surface area contributed by atoms with Crippen LogP contribution in [0.2, 0.25) is 0 Å². The number of sulfonamides is 1. The minimum atomic E-state index is -3.16. The van der Waals surface area contributed by atoms with Crippen LogP contribution in [-0.4, -0.2) is 36.5 Å². The van der Waals surface area contributed by atoms with Gasteiger partial charge in [0.1, 0.15) is 0 Å². The first-order valence-electron chi connectivity index (χ1n) is 10.4. The third-order valence-electron chi connectivity index (χ3n) is 7.05. The van der Waals surface area contributed by atoms with Crippen LogP contribution in [0.5, 0.6) is 0 Å². The third kappa shape index (κ3) is 3.68. The van der Waals surface area contributed by atoms with Crippen molar-refractivity contribution in [3.63, 3.8) is 0 Å². The Hall–Kier alpha value is -2.49. The molecule has 4 rings (SSSR count). The number of hydrogen-bond donors (Lipinski definition) is 0. The fourth-order valence-electron chi connectivity index (χ4n) is 5.03. The normalized spacial score (nSPS) is 30.8. The smallest absolute Gasteiger partial charge is 0.214 e. The van der Waals surface area contributed by atoms with E-state index in [0.29, 0.717) is 17.4 Å². The summed E-state index contributed by atoms with van der Waals surface area (Å²) in [6.45, 7) is 4.45. The molecule has 1 aliphatic heterocycles. The molecule has 1 aromatic heterocycles. The Balaban J connectivity index is 1.58. The van der Waals surface area contributed by atoms with Crippen molar-refractivity contribution in [2.24, 2.45) is 23.7 Å². The van der Waals surface area contributed by atoms with Gasteiger partial charge >= 0.3 is 0 Å². The number of allylic oxidation sites excluding steroid dienone is 1. The molecule has 1 aliphatic carbocycles. The zero-order valence-electron chi connectivity index (χ0n) is 17.6. The van der Waals surface area contributed by atoms with Crippen LogP contribution in [0.3, 0.4) is 0 Å². The third-order valence-corrected chi connectivity index (χ3v) is 9.00. The molecule has 0 unspecified atom stereocenters. The van der Waals surface area contributed by atoms with Gasteiger partial charge in [0.15, 0.2) is 0 Å². The topological polar surface area (TPSA) is 74.1 Å². The quantitative estimate of drug-likeness (QED) is 0.745. The van der Waals surface area contributed by atoms with Gasteiger partial charge in [0, 0.05) is 30.4 Å². The summed E-state index contributed by atoms with van der Waals surface area (Å²) >= 11 is 0. The van der Waals surface area contributed by atoms with E-state index in [1.165, 1.54) is 0 Å². The number of nitrogens with zero attached hydrogens (tertiary/aromatic N) is 3. The van der Waals surface area contributed by atoms with E-state index in [1.807, 2.05) is 36.4 Å². The first kappa shape index (κ1) is 20.8. The van der Waals surface area contributed by atoms with Crippen molar-refractivity contribution in [1.82, 2.24) is 9.29 Å². The molecule has 1 saturated heterocycles. The minimum Gasteiger partial charge on any atom is -0.256 e. The highest BCUT2D eigenvalue weighted by Gasteiger charge is 2.50. The second-order valence-electron chi connectivity index (χ2n) is 8.66.